The first-order valence-corrected chi connectivity index (χ1v) is 7.46. The van der Waals surface area contributed by atoms with Gasteiger partial charge in [0.1, 0.15) is 5.75 Å². The van der Waals surface area contributed by atoms with E-state index in [-0.39, 0.29) is 12.5 Å². The Kier molecular flexibility index (Phi) is 5.78. The molecule has 0 atom stereocenters. The highest BCUT2D eigenvalue weighted by atomic mass is 35.5. The quantitative estimate of drug-likeness (QED) is 0.822. The number of likely N-dealkylation sites (N-methyl/N-ethyl adjacent to an activating group) is 1. The molecule has 116 valence electrons. The number of halogens is 1. The van der Waals surface area contributed by atoms with Crippen molar-refractivity contribution >= 4 is 17.5 Å². The van der Waals surface area contributed by atoms with E-state index >= 15 is 0 Å². The Labute approximate surface area is 135 Å². The van der Waals surface area contributed by atoms with Gasteiger partial charge in [0.05, 0.1) is 0 Å². The number of nitrogens with zero attached hydrogens (tertiary/aromatic N) is 2. The molecule has 2 rings (SSSR count). The molecule has 0 aliphatic carbocycles. The van der Waals surface area contributed by atoms with Gasteiger partial charge in [0, 0.05) is 31.0 Å². The van der Waals surface area contributed by atoms with Crippen LogP contribution in [-0.4, -0.2) is 36.0 Å². The van der Waals surface area contributed by atoms with Gasteiger partial charge in [-0.25, -0.2) is 0 Å². The maximum absolute atomic E-state index is 12.1. The summed E-state index contributed by atoms with van der Waals surface area (Å²) in [6.07, 6.45) is 4.30. The molecule has 0 aliphatic heterocycles. The van der Waals surface area contributed by atoms with Crippen molar-refractivity contribution < 1.29 is 9.53 Å². The molecule has 22 heavy (non-hydrogen) atoms. The van der Waals surface area contributed by atoms with Crippen molar-refractivity contribution in [3.05, 3.63) is 58.9 Å². The van der Waals surface area contributed by atoms with E-state index in [1.54, 1.807) is 36.5 Å². The molecule has 1 heterocycles. The zero-order valence-corrected chi connectivity index (χ0v) is 13.5. The Morgan fingerprint density at radius 2 is 2.00 bits per heavy atom. The van der Waals surface area contributed by atoms with E-state index in [1.165, 1.54) is 0 Å². The number of carbonyl (C=O) groups excluding carboxylic acids is 1. The Morgan fingerprint density at radius 1 is 1.27 bits per heavy atom. The van der Waals surface area contributed by atoms with E-state index < -0.39 is 0 Å². The molecule has 1 amide bonds. The molecule has 1 aromatic heterocycles. The van der Waals surface area contributed by atoms with Crippen molar-refractivity contribution in [2.45, 2.75) is 13.3 Å². The average molecular weight is 319 g/mol. The molecule has 0 unspecified atom stereocenters. The number of hydrogen-bond donors (Lipinski definition) is 0. The van der Waals surface area contributed by atoms with E-state index in [1.807, 2.05) is 25.1 Å². The van der Waals surface area contributed by atoms with E-state index in [4.69, 9.17) is 16.3 Å². The zero-order valence-electron chi connectivity index (χ0n) is 12.8. The molecule has 2 aromatic rings. The number of rotatable bonds is 6. The molecule has 1 aromatic carbocycles. The number of ether oxygens (including phenoxy) is 1. The minimum Gasteiger partial charge on any atom is -0.483 e. The molecule has 0 bridgehead atoms. The summed E-state index contributed by atoms with van der Waals surface area (Å²) >= 11 is 5.89. The van der Waals surface area contributed by atoms with Crippen LogP contribution in [0, 0.1) is 6.92 Å². The number of aromatic nitrogens is 1. The van der Waals surface area contributed by atoms with Gasteiger partial charge in [0.2, 0.25) is 0 Å². The van der Waals surface area contributed by atoms with Gasteiger partial charge in [-0.05, 0) is 54.8 Å². The van der Waals surface area contributed by atoms with Gasteiger partial charge in [-0.1, -0.05) is 11.6 Å². The summed E-state index contributed by atoms with van der Waals surface area (Å²) in [6.45, 7) is 2.57. The monoisotopic (exact) mass is 318 g/mol. The molecule has 0 spiro atoms. The number of benzene rings is 1. The van der Waals surface area contributed by atoms with Crippen molar-refractivity contribution in [3.8, 4) is 5.75 Å². The molecule has 0 radical (unpaired) electrons. The van der Waals surface area contributed by atoms with Crippen molar-refractivity contribution in [2.24, 2.45) is 0 Å². The van der Waals surface area contributed by atoms with Crippen LogP contribution in [0.25, 0.3) is 0 Å². The molecular formula is C17H19ClN2O2. The maximum atomic E-state index is 12.1. The molecule has 0 saturated carbocycles. The van der Waals surface area contributed by atoms with E-state index in [9.17, 15) is 4.79 Å². The van der Waals surface area contributed by atoms with Gasteiger partial charge >= 0.3 is 0 Å². The van der Waals surface area contributed by atoms with Crippen LogP contribution in [0.2, 0.25) is 5.02 Å². The molecular weight excluding hydrogens is 300 g/mol. The van der Waals surface area contributed by atoms with Gasteiger partial charge in [0.25, 0.3) is 5.91 Å². The minimum absolute atomic E-state index is 0.0231. The number of hydrogen-bond acceptors (Lipinski definition) is 3. The Morgan fingerprint density at radius 3 is 2.68 bits per heavy atom. The molecule has 0 saturated heterocycles. The topological polar surface area (TPSA) is 42.4 Å². The van der Waals surface area contributed by atoms with Gasteiger partial charge in [-0.2, -0.15) is 0 Å². The predicted octanol–water partition coefficient (Wildman–Crippen LogP) is 3.12. The second-order valence-corrected chi connectivity index (χ2v) is 5.56. The largest absolute Gasteiger partial charge is 0.483 e. The Hall–Kier alpha value is -2.07. The van der Waals surface area contributed by atoms with Crippen LogP contribution in [0.15, 0.2) is 42.7 Å². The molecule has 4 nitrogen and oxygen atoms in total. The lowest BCUT2D eigenvalue weighted by Gasteiger charge is -2.18. The lowest BCUT2D eigenvalue weighted by molar-refractivity contribution is -0.132. The third-order valence-electron chi connectivity index (χ3n) is 3.40. The first kappa shape index (κ1) is 16.3. The van der Waals surface area contributed by atoms with Crippen LogP contribution in [0.5, 0.6) is 5.75 Å². The van der Waals surface area contributed by atoms with Gasteiger partial charge < -0.3 is 9.64 Å². The summed E-state index contributed by atoms with van der Waals surface area (Å²) in [4.78, 5) is 17.7. The van der Waals surface area contributed by atoms with E-state index in [0.29, 0.717) is 17.3 Å². The van der Waals surface area contributed by atoms with Gasteiger partial charge in [-0.15, -0.1) is 0 Å². The number of amides is 1. The fourth-order valence-corrected chi connectivity index (χ4v) is 2.22. The second-order valence-electron chi connectivity index (χ2n) is 5.12. The third-order valence-corrected chi connectivity index (χ3v) is 3.63. The smallest absolute Gasteiger partial charge is 0.260 e. The Bertz CT molecular complexity index is 632. The second kappa shape index (κ2) is 7.80. The minimum atomic E-state index is -0.0524. The average Bonchev–Trinajstić information content (AvgIpc) is 2.52. The number of aryl methyl sites for hydroxylation is 1. The molecule has 0 aliphatic rings. The van der Waals surface area contributed by atoms with E-state index in [2.05, 4.69) is 4.98 Å². The van der Waals surface area contributed by atoms with Crippen molar-refractivity contribution in [1.29, 1.82) is 0 Å². The van der Waals surface area contributed by atoms with Crippen LogP contribution in [0.1, 0.15) is 11.1 Å². The molecule has 0 fully saturated rings. The number of carbonyl (C=O) groups is 1. The normalized spacial score (nSPS) is 10.3. The lowest BCUT2D eigenvalue weighted by Crippen LogP contribution is -2.33. The van der Waals surface area contributed by atoms with Gasteiger partial charge in [-0.3, -0.25) is 9.78 Å². The zero-order chi connectivity index (χ0) is 15.9. The van der Waals surface area contributed by atoms with Crippen LogP contribution < -0.4 is 4.74 Å². The Balaban J connectivity index is 1.81. The fraction of sp³-hybridized carbons (Fsp3) is 0.294. The van der Waals surface area contributed by atoms with Crippen molar-refractivity contribution in [2.75, 3.05) is 20.2 Å². The van der Waals surface area contributed by atoms with Crippen LogP contribution in [-0.2, 0) is 11.2 Å². The van der Waals surface area contributed by atoms with Crippen molar-refractivity contribution in [3.63, 3.8) is 0 Å². The first-order valence-electron chi connectivity index (χ1n) is 7.08. The highest BCUT2D eigenvalue weighted by Crippen LogP contribution is 2.21. The maximum Gasteiger partial charge on any atom is 0.260 e. The first-order chi connectivity index (χ1) is 10.6. The van der Waals surface area contributed by atoms with Crippen LogP contribution in [0.4, 0.5) is 0 Å². The SMILES string of the molecule is Cc1cc(Cl)ccc1OCC(=O)N(C)CCc1ccncc1. The summed E-state index contributed by atoms with van der Waals surface area (Å²) in [7, 11) is 1.78. The summed E-state index contributed by atoms with van der Waals surface area (Å²) in [6, 6.07) is 9.25. The highest BCUT2D eigenvalue weighted by Gasteiger charge is 2.10. The summed E-state index contributed by atoms with van der Waals surface area (Å²) in [5.74, 6) is 0.628. The van der Waals surface area contributed by atoms with E-state index in [0.717, 1.165) is 17.5 Å². The highest BCUT2D eigenvalue weighted by molar-refractivity contribution is 6.30. The van der Waals surface area contributed by atoms with Crippen molar-refractivity contribution in [1.82, 2.24) is 9.88 Å². The number of pyridine rings is 1. The molecule has 5 heteroatoms. The van der Waals surface area contributed by atoms with Gasteiger partial charge in [0.15, 0.2) is 6.61 Å². The summed E-state index contributed by atoms with van der Waals surface area (Å²) in [5, 5.41) is 0.658. The lowest BCUT2D eigenvalue weighted by atomic mass is 10.2. The summed E-state index contributed by atoms with van der Waals surface area (Å²) in [5.41, 5.74) is 2.07. The standard InChI is InChI=1S/C17H19ClN2O2/c1-13-11-15(18)3-4-16(13)22-12-17(21)20(2)10-7-14-5-8-19-9-6-14/h3-6,8-9,11H,7,10,12H2,1-2H3. The fourth-order valence-electron chi connectivity index (χ4n) is 2.00. The molecule has 0 N–H and O–H groups in total. The summed E-state index contributed by atoms with van der Waals surface area (Å²) < 4.78 is 5.57. The predicted molar refractivity (Wildman–Crippen MR) is 87.3 cm³/mol. The third kappa shape index (κ3) is 4.74. The van der Waals surface area contributed by atoms with Crippen LogP contribution >= 0.6 is 11.6 Å². The van der Waals surface area contributed by atoms with Crippen LogP contribution in [0.3, 0.4) is 0 Å².